The van der Waals surface area contributed by atoms with Crippen molar-refractivity contribution in [2.45, 2.75) is 19.4 Å². The van der Waals surface area contributed by atoms with Crippen LogP contribution in [-0.2, 0) is 0 Å². The summed E-state index contributed by atoms with van der Waals surface area (Å²) in [6, 6.07) is 5.64. The highest BCUT2D eigenvalue weighted by Crippen LogP contribution is 2.27. The van der Waals surface area contributed by atoms with Crippen molar-refractivity contribution in [2.24, 2.45) is 5.73 Å². The highest BCUT2D eigenvalue weighted by Gasteiger charge is 2.12. The Bertz CT molecular complexity index is 529. The second kappa shape index (κ2) is 5.75. The van der Waals surface area contributed by atoms with Crippen LogP contribution < -0.4 is 15.2 Å². The smallest absolute Gasteiger partial charge is 0.124 e. The van der Waals surface area contributed by atoms with E-state index in [1.165, 1.54) is 0 Å². The molecule has 19 heavy (non-hydrogen) atoms. The number of imidazole rings is 1. The summed E-state index contributed by atoms with van der Waals surface area (Å²) in [6.45, 7) is 2.05. The van der Waals surface area contributed by atoms with Gasteiger partial charge in [0.1, 0.15) is 11.5 Å². The number of rotatable bonds is 5. The number of aromatic nitrogens is 2. The molecule has 2 aromatic rings. The summed E-state index contributed by atoms with van der Waals surface area (Å²) in [5.41, 5.74) is 7.99. The summed E-state index contributed by atoms with van der Waals surface area (Å²) in [5, 5.41) is 0. The minimum atomic E-state index is -0.0419. The molecule has 0 bridgehead atoms. The van der Waals surface area contributed by atoms with Crippen LogP contribution in [0.5, 0.6) is 11.5 Å². The molecule has 1 aromatic carbocycles. The van der Waals surface area contributed by atoms with Crippen LogP contribution >= 0.6 is 0 Å². The summed E-state index contributed by atoms with van der Waals surface area (Å²) < 4.78 is 12.5. The third kappa shape index (κ3) is 2.71. The monoisotopic (exact) mass is 261 g/mol. The standard InChI is InChI=1S/C14H19N3O2/c1-4-13(15)14-8-16-9-17(14)10-5-11(18-2)7-12(6-10)19-3/h5-9,13H,4,15H2,1-3H3/t13-/m1/s1. The lowest BCUT2D eigenvalue weighted by Crippen LogP contribution is -2.13. The minimum absolute atomic E-state index is 0.0419. The van der Waals surface area contributed by atoms with Crippen LogP contribution in [0.2, 0.25) is 0 Å². The normalized spacial score (nSPS) is 12.2. The largest absolute Gasteiger partial charge is 0.497 e. The molecule has 0 saturated heterocycles. The van der Waals surface area contributed by atoms with Gasteiger partial charge in [0.05, 0.1) is 38.1 Å². The lowest BCUT2D eigenvalue weighted by molar-refractivity contribution is 0.394. The zero-order chi connectivity index (χ0) is 13.8. The van der Waals surface area contributed by atoms with Gasteiger partial charge in [0.25, 0.3) is 0 Å². The molecule has 5 heteroatoms. The summed E-state index contributed by atoms with van der Waals surface area (Å²) in [4.78, 5) is 4.18. The number of methoxy groups -OCH3 is 2. The molecule has 0 spiro atoms. The quantitative estimate of drug-likeness (QED) is 0.897. The van der Waals surface area contributed by atoms with Crippen LogP contribution in [0.25, 0.3) is 5.69 Å². The fraction of sp³-hybridized carbons (Fsp3) is 0.357. The van der Waals surface area contributed by atoms with Crippen LogP contribution in [0.1, 0.15) is 25.1 Å². The van der Waals surface area contributed by atoms with E-state index in [2.05, 4.69) is 4.98 Å². The molecular formula is C14H19N3O2. The van der Waals surface area contributed by atoms with Crippen LogP contribution in [0.3, 0.4) is 0 Å². The maximum Gasteiger partial charge on any atom is 0.124 e. The highest BCUT2D eigenvalue weighted by atomic mass is 16.5. The zero-order valence-electron chi connectivity index (χ0n) is 11.5. The average molecular weight is 261 g/mol. The Morgan fingerprint density at radius 2 is 1.84 bits per heavy atom. The van der Waals surface area contributed by atoms with Gasteiger partial charge in [-0.1, -0.05) is 6.92 Å². The van der Waals surface area contributed by atoms with Crippen molar-refractivity contribution in [1.29, 1.82) is 0 Å². The first-order valence-electron chi connectivity index (χ1n) is 6.20. The van der Waals surface area contributed by atoms with E-state index < -0.39 is 0 Å². The fourth-order valence-electron chi connectivity index (χ4n) is 1.94. The Labute approximate surface area is 113 Å². The number of benzene rings is 1. The maximum absolute atomic E-state index is 6.09. The molecule has 5 nitrogen and oxygen atoms in total. The first kappa shape index (κ1) is 13.4. The number of hydrogen-bond donors (Lipinski definition) is 1. The van der Waals surface area contributed by atoms with Gasteiger partial charge in [-0.05, 0) is 6.42 Å². The Balaban J connectivity index is 2.49. The Morgan fingerprint density at radius 1 is 1.21 bits per heavy atom. The molecular weight excluding hydrogens is 242 g/mol. The Kier molecular flexibility index (Phi) is 4.06. The van der Waals surface area contributed by atoms with Gasteiger partial charge in [0.15, 0.2) is 0 Å². The van der Waals surface area contributed by atoms with Crippen molar-refractivity contribution in [3.05, 3.63) is 36.4 Å². The minimum Gasteiger partial charge on any atom is -0.497 e. The van der Waals surface area contributed by atoms with Crippen molar-refractivity contribution >= 4 is 0 Å². The van der Waals surface area contributed by atoms with Gasteiger partial charge in [-0.15, -0.1) is 0 Å². The topological polar surface area (TPSA) is 62.3 Å². The van der Waals surface area contributed by atoms with E-state index in [4.69, 9.17) is 15.2 Å². The third-order valence-corrected chi connectivity index (χ3v) is 3.10. The molecule has 0 fully saturated rings. The SMILES string of the molecule is CC[C@@H](N)c1cncn1-c1cc(OC)cc(OC)c1. The van der Waals surface area contributed by atoms with Gasteiger partial charge in [-0.25, -0.2) is 4.98 Å². The van der Waals surface area contributed by atoms with Gasteiger partial charge in [-0.2, -0.15) is 0 Å². The molecule has 1 heterocycles. The molecule has 1 atom stereocenters. The number of hydrogen-bond acceptors (Lipinski definition) is 4. The zero-order valence-corrected chi connectivity index (χ0v) is 11.5. The van der Waals surface area contributed by atoms with E-state index in [0.29, 0.717) is 0 Å². The van der Waals surface area contributed by atoms with Gasteiger partial charge in [0.2, 0.25) is 0 Å². The van der Waals surface area contributed by atoms with E-state index >= 15 is 0 Å². The Morgan fingerprint density at radius 3 is 2.37 bits per heavy atom. The molecule has 1 aromatic heterocycles. The highest BCUT2D eigenvalue weighted by molar-refractivity contribution is 5.47. The molecule has 2 N–H and O–H groups in total. The Hall–Kier alpha value is -2.01. The number of ether oxygens (including phenoxy) is 2. The summed E-state index contributed by atoms with van der Waals surface area (Å²) in [7, 11) is 3.26. The fourth-order valence-corrected chi connectivity index (χ4v) is 1.94. The van der Waals surface area contributed by atoms with Gasteiger partial charge >= 0.3 is 0 Å². The molecule has 0 radical (unpaired) electrons. The van der Waals surface area contributed by atoms with Gasteiger partial charge in [-0.3, -0.25) is 0 Å². The van der Waals surface area contributed by atoms with E-state index in [9.17, 15) is 0 Å². The van der Waals surface area contributed by atoms with Crippen molar-refractivity contribution in [2.75, 3.05) is 14.2 Å². The van der Waals surface area contributed by atoms with Crippen LogP contribution in [0, 0.1) is 0 Å². The second-order valence-corrected chi connectivity index (χ2v) is 4.27. The van der Waals surface area contributed by atoms with Crippen molar-refractivity contribution < 1.29 is 9.47 Å². The van der Waals surface area contributed by atoms with Crippen LogP contribution in [-0.4, -0.2) is 23.8 Å². The molecule has 2 rings (SSSR count). The molecule has 0 aliphatic carbocycles. The molecule has 102 valence electrons. The van der Waals surface area contributed by atoms with E-state index in [1.54, 1.807) is 26.7 Å². The lowest BCUT2D eigenvalue weighted by Gasteiger charge is -2.14. The van der Waals surface area contributed by atoms with Crippen LogP contribution in [0.4, 0.5) is 0 Å². The third-order valence-electron chi connectivity index (χ3n) is 3.10. The van der Waals surface area contributed by atoms with E-state index in [0.717, 1.165) is 29.3 Å². The van der Waals surface area contributed by atoms with Crippen LogP contribution in [0.15, 0.2) is 30.7 Å². The molecule has 0 amide bonds. The van der Waals surface area contributed by atoms with E-state index in [1.807, 2.05) is 29.7 Å². The number of nitrogens with zero attached hydrogens (tertiary/aromatic N) is 2. The first-order chi connectivity index (χ1) is 9.19. The van der Waals surface area contributed by atoms with Gasteiger partial charge in [0, 0.05) is 24.2 Å². The summed E-state index contributed by atoms with van der Waals surface area (Å²) in [5.74, 6) is 1.47. The predicted octanol–water partition coefficient (Wildman–Crippen LogP) is 2.30. The molecule has 0 unspecified atom stereocenters. The second-order valence-electron chi connectivity index (χ2n) is 4.27. The molecule has 0 aliphatic rings. The lowest BCUT2D eigenvalue weighted by atomic mass is 10.1. The summed E-state index contributed by atoms with van der Waals surface area (Å²) in [6.07, 6.45) is 4.39. The average Bonchev–Trinajstić information content (AvgIpc) is 2.95. The van der Waals surface area contributed by atoms with E-state index in [-0.39, 0.29) is 6.04 Å². The van der Waals surface area contributed by atoms with Crippen molar-refractivity contribution in [1.82, 2.24) is 9.55 Å². The van der Waals surface area contributed by atoms with Crippen molar-refractivity contribution in [3.8, 4) is 17.2 Å². The van der Waals surface area contributed by atoms with Gasteiger partial charge < -0.3 is 19.8 Å². The predicted molar refractivity (Wildman–Crippen MR) is 73.9 cm³/mol. The summed E-state index contributed by atoms with van der Waals surface area (Å²) >= 11 is 0. The first-order valence-corrected chi connectivity index (χ1v) is 6.20. The van der Waals surface area contributed by atoms with Crippen molar-refractivity contribution in [3.63, 3.8) is 0 Å². The maximum atomic E-state index is 6.09. The molecule has 0 saturated carbocycles. The number of nitrogens with two attached hydrogens (primary N) is 1. The molecule has 0 aliphatic heterocycles.